The Morgan fingerprint density at radius 1 is 1.22 bits per heavy atom. The number of nitrogens with one attached hydrogen (secondary N) is 1. The van der Waals surface area contributed by atoms with Gasteiger partial charge in [-0.1, -0.05) is 12.1 Å². The van der Waals surface area contributed by atoms with Crippen LogP contribution in [0.25, 0.3) is 0 Å². The molecule has 0 amide bonds. The summed E-state index contributed by atoms with van der Waals surface area (Å²) < 4.78 is 5.17. The lowest BCUT2D eigenvalue weighted by molar-refractivity contribution is 0.135. The molecule has 0 saturated carbocycles. The van der Waals surface area contributed by atoms with E-state index in [2.05, 4.69) is 34.3 Å². The van der Waals surface area contributed by atoms with Gasteiger partial charge in [0.05, 0.1) is 13.8 Å². The van der Waals surface area contributed by atoms with Crippen molar-refractivity contribution in [2.75, 3.05) is 47.0 Å². The lowest BCUT2D eigenvalue weighted by Gasteiger charge is -2.31. The Hall–Kier alpha value is -1.10. The minimum Gasteiger partial charge on any atom is -0.497 e. The van der Waals surface area contributed by atoms with Crippen molar-refractivity contribution in [3.05, 3.63) is 29.8 Å². The van der Waals surface area contributed by atoms with Gasteiger partial charge in [0.2, 0.25) is 0 Å². The molecule has 1 aliphatic rings. The van der Waals surface area contributed by atoms with E-state index in [4.69, 9.17) is 4.74 Å². The Morgan fingerprint density at radius 3 is 2.50 bits per heavy atom. The predicted octanol–water partition coefficient (Wildman–Crippen LogP) is 0.990. The molecule has 1 heterocycles. The summed E-state index contributed by atoms with van der Waals surface area (Å²) in [6.45, 7) is 6.52. The Labute approximate surface area is 110 Å². The summed E-state index contributed by atoms with van der Waals surface area (Å²) in [5, 5.41) is 3.38. The topological polar surface area (TPSA) is 27.7 Å². The van der Waals surface area contributed by atoms with Crippen LogP contribution in [0.1, 0.15) is 5.56 Å². The van der Waals surface area contributed by atoms with E-state index in [-0.39, 0.29) is 0 Å². The highest BCUT2D eigenvalue weighted by molar-refractivity contribution is 5.26. The third-order valence-corrected chi connectivity index (χ3v) is 3.26. The maximum atomic E-state index is 5.17. The van der Waals surface area contributed by atoms with Gasteiger partial charge in [-0.3, -0.25) is 9.80 Å². The molecule has 1 fully saturated rings. The molecule has 0 spiro atoms. The van der Waals surface area contributed by atoms with E-state index in [0.29, 0.717) is 0 Å². The second-order valence-electron chi connectivity index (χ2n) is 4.87. The van der Waals surface area contributed by atoms with Crippen molar-refractivity contribution in [3.63, 3.8) is 0 Å². The van der Waals surface area contributed by atoms with Crippen LogP contribution in [0.15, 0.2) is 24.3 Å². The zero-order valence-corrected chi connectivity index (χ0v) is 11.4. The van der Waals surface area contributed by atoms with Gasteiger partial charge < -0.3 is 10.1 Å². The molecular weight excluding hydrogens is 226 g/mol. The van der Waals surface area contributed by atoms with E-state index < -0.39 is 0 Å². The maximum Gasteiger partial charge on any atom is 0.118 e. The number of ether oxygens (including phenoxy) is 1. The zero-order valence-electron chi connectivity index (χ0n) is 11.4. The highest BCUT2D eigenvalue weighted by Crippen LogP contribution is 2.12. The van der Waals surface area contributed by atoms with Crippen LogP contribution in [0.5, 0.6) is 5.75 Å². The summed E-state index contributed by atoms with van der Waals surface area (Å²) in [7, 11) is 3.87. The van der Waals surface area contributed by atoms with Gasteiger partial charge in [-0.25, -0.2) is 0 Å². The molecule has 1 aliphatic heterocycles. The Balaban J connectivity index is 1.80. The van der Waals surface area contributed by atoms with Gasteiger partial charge in [-0.15, -0.1) is 0 Å². The second-order valence-corrected chi connectivity index (χ2v) is 4.87. The van der Waals surface area contributed by atoms with E-state index in [1.165, 1.54) is 5.56 Å². The summed E-state index contributed by atoms with van der Waals surface area (Å²) in [5.74, 6) is 0.920. The fraction of sp³-hybridized carbons (Fsp3) is 0.571. The van der Waals surface area contributed by atoms with Crippen molar-refractivity contribution in [1.29, 1.82) is 0 Å². The lowest BCUT2D eigenvalue weighted by Crippen LogP contribution is -2.47. The van der Waals surface area contributed by atoms with Gasteiger partial charge in [0.15, 0.2) is 0 Å². The van der Waals surface area contributed by atoms with Crippen LogP contribution < -0.4 is 10.1 Å². The van der Waals surface area contributed by atoms with Crippen LogP contribution >= 0.6 is 0 Å². The molecule has 0 bridgehead atoms. The first kappa shape index (κ1) is 13.3. The summed E-state index contributed by atoms with van der Waals surface area (Å²) in [4.78, 5) is 4.84. The molecule has 4 nitrogen and oxygen atoms in total. The van der Waals surface area contributed by atoms with Gasteiger partial charge in [-0.05, 0) is 24.7 Å². The highest BCUT2D eigenvalue weighted by Gasteiger charge is 2.11. The number of hydrogen-bond acceptors (Lipinski definition) is 4. The second kappa shape index (κ2) is 6.73. The number of methoxy groups -OCH3 is 1. The van der Waals surface area contributed by atoms with Crippen molar-refractivity contribution in [2.45, 2.75) is 6.54 Å². The fourth-order valence-electron chi connectivity index (χ4n) is 2.29. The smallest absolute Gasteiger partial charge is 0.118 e. The SMILES string of the molecule is COc1ccc(CN(C)CN2CCNCC2)cc1. The molecule has 1 N–H and O–H groups in total. The molecular formula is C14H23N3O. The molecule has 1 aromatic rings. The maximum absolute atomic E-state index is 5.17. The van der Waals surface area contributed by atoms with Crippen LogP contribution in [0.3, 0.4) is 0 Å². The van der Waals surface area contributed by atoms with E-state index in [1.807, 2.05) is 12.1 Å². The normalized spacial score (nSPS) is 17.1. The van der Waals surface area contributed by atoms with E-state index in [0.717, 1.165) is 45.1 Å². The highest BCUT2D eigenvalue weighted by atomic mass is 16.5. The minimum atomic E-state index is 0.920. The molecule has 2 rings (SSSR count). The first-order chi connectivity index (χ1) is 8.78. The molecule has 0 unspecified atom stereocenters. The van der Waals surface area contributed by atoms with E-state index in [1.54, 1.807) is 7.11 Å². The van der Waals surface area contributed by atoms with E-state index >= 15 is 0 Å². The first-order valence-corrected chi connectivity index (χ1v) is 6.52. The predicted molar refractivity (Wildman–Crippen MR) is 73.8 cm³/mol. The summed E-state index contributed by atoms with van der Waals surface area (Å²) >= 11 is 0. The summed E-state index contributed by atoms with van der Waals surface area (Å²) in [5.41, 5.74) is 1.33. The minimum absolute atomic E-state index is 0.920. The largest absolute Gasteiger partial charge is 0.497 e. The first-order valence-electron chi connectivity index (χ1n) is 6.52. The van der Waals surface area contributed by atoms with Crippen molar-refractivity contribution < 1.29 is 4.74 Å². The van der Waals surface area contributed by atoms with Crippen LogP contribution in [0.2, 0.25) is 0 Å². The third kappa shape index (κ3) is 3.98. The van der Waals surface area contributed by atoms with Gasteiger partial charge in [0, 0.05) is 32.7 Å². The molecule has 1 aromatic carbocycles. The number of rotatable bonds is 5. The zero-order chi connectivity index (χ0) is 12.8. The number of benzene rings is 1. The number of piperazine rings is 1. The molecule has 1 saturated heterocycles. The van der Waals surface area contributed by atoms with Gasteiger partial charge in [0.25, 0.3) is 0 Å². The van der Waals surface area contributed by atoms with Crippen molar-refractivity contribution >= 4 is 0 Å². The van der Waals surface area contributed by atoms with Crippen LogP contribution in [0, 0.1) is 0 Å². The Kier molecular flexibility index (Phi) is 4.99. The molecule has 0 radical (unpaired) electrons. The molecule has 0 aliphatic carbocycles. The molecule has 0 aromatic heterocycles. The molecule has 100 valence electrons. The van der Waals surface area contributed by atoms with Crippen molar-refractivity contribution in [3.8, 4) is 5.75 Å². The summed E-state index contributed by atoms with van der Waals surface area (Å²) in [6.07, 6.45) is 0. The Morgan fingerprint density at radius 2 is 1.89 bits per heavy atom. The van der Waals surface area contributed by atoms with Gasteiger partial charge in [-0.2, -0.15) is 0 Å². The van der Waals surface area contributed by atoms with Gasteiger partial charge >= 0.3 is 0 Å². The monoisotopic (exact) mass is 249 g/mol. The molecule has 0 atom stereocenters. The average Bonchev–Trinajstić information content (AvgIpc) is 2.40. The average molecular weight is 249 g/mol. The van der Waals surface area contributed by atoms with Crippen LogP contribution in [-0.4, -0.2) is 56.8 Å². The van der Waals surface area contributed by atoms with Gasteiger partial charge in [0.1, 0.15) is 5.75 Å². The number of nitrogens with zero attached hydrogens (tertiary/aromatic N) is 2. The Bertz CT molecular complexity index is 347. The lowest BCUT2D eigenvalue weighted by atomic mass is 10.2. The standard InChI is InChI=1S/C14H23N3O/c1-16(12-17-9-7-15-8-10-17)11-13-3-5-14(18-2)6-4-13/h3-6,15H,7-12H2,1-2H3. The van der Waals surface area contributed by atoms with E-state index in [9.17, 15) is 0 Å². The van der Waals surface area contributed by atoms with Crippen LogP contribution in [0.4, 0.5) is 0 Å². The third-order valence-electron chi connectivity index (χ3n) is 3.26. The van der Waals surface area contributed by atoms with Crippen molar-refractivity contribution in [2.24, 2.45) is 0 Å². The molecule has 18 heavy (non-hydrogen) atoms. The summed E-state index contributed by atoms with van der Waals surface area (Å²) in [6, 6.07) is 8.31. The quantitative estimate of drug-likeness (QED) is 0.842. The van der Waals surface area contributed by atoms with Crippen LogP contribution in [-0.2, 0) is 6.54 Å². The fourth-order valence-corrected chi connectivity index (χ4v) is 2.29. The number of hydrogen-bond donors (Lipinski definition) is 1. The molecule has 4 heteroatoms. The van der Waals surface area contributed by atoms with Crippen molar-refractivity contribution in [1.82, 2.24) is 15.1 Å².